The van der Waals surface area contributed by atoms with Crippen molar-refractivity contribution < 1.29 is 9.53 Å². The maximum absolute atomic E-state index is 12.5. The molecule has 1 aromatic carbocycles. The van der Waals surface area contributed by atoms with Crippen molar-refractivity contribution in [3.63, 3.8) is 0 Å². The molecule has 2 rings (SSSR count). The van der Waals surface area contributed by atoms with Gasteiger partial charge in [-0.2, -0.15) is 0 Å². The van der Waals surface area contributed by atoms with Crippen LogP contribution in [0.15, 0.2) is 24.3 Å². The monoisotopic (exact) mass is 305 g/mol. The summed E-state index contributed by atoms with van der Waals surface area (Å²) in [6.45, 7) is 8.14. The second-order valence-electron chi connectivity index (χ2n) is 6.26. The van der Waals surface area contributed by atoms with Gasteiger partial charge in [-0.05, 0) is 33.0 Å². The third kappa shape index (κ3) is 5.00. The van der Waals surface area contributed by atoms with E-state index in [0.717, 1.165) is 25.4 Å². The van der Waals surface area contributed by atoms with E-state index in [9.17, 15) is 4.79 Å². The average molecular weight is 305 g/mol. The van der Waals surface area contributed by atoms with Crippen molar-refractivity contribution >= 4 is 11.6 Å². The predicted octanol–water partition coefficient (Wildman–Crippen LogP) is 1.81. The summed E-state index contributed by atoms with van der Waals surface area (Å²) in [6.07, 6.45) is 0. The number of carbonyl (C=O) groups excluding carboxylic acids is 1. The van der Waals surface area contributed by atoms with Crippen LogP contribution in [0.4, 0.5) is 5.69 Å². The Kier molecular flexibility index (Phi) is 6.21. The second kappa shape index (κ2) is 8.15. The summed E-state index contributed by atoms with van der Waals surface area (Å²) in [5.74, 6) is 0.303. The maximum atomic E-state index is 12.5. The van der Waals surface area contributed by atoms with Crippen LogP contribution in [-0.2, 0) is 4.74 Å². The average Bonchev–Trinajstić information content (AvgIpc) is 2.69. The Balaban J connectivity index is 1.94. The number of nitrogens with one attached hydrogen (secondary N) is 2. The highest BCUT2D eigenvalue weighted by atomic mass is 16.5. The van der Waals surface area contributed by atoms with Gasteiger partial charge in [0.15, 0.2) is 0 Å². The molecular weight excluding hydrogens is 278 g/mol. The van der Waals surface area contributed by atoms with Crippen LogP contribution in [0.25, 0.3) is 0 Å². The van der Waals surface area contributed by atoms with E-state index >= 15 is 0 Å². The van der Waals surface area contributed by atoms with Gasteiger partial charge >= 0.3 is 0 Å². The van der Waals surface area contributed by atoms with E-state index in [1.165, 1.54) is 0 Å². The normalized spacial score (nSPS) is 19.7. The summed E-state index contributed by atoms with van der Waals surface area (Å²) in [7, 11) is 2.09. The van der Waals surface area contributed by atoms with Gasteiger partial charge in [0.05, 0.1) is 18.8 Å². The summed E-state index contributed by atoms with van der Waals surface area (Å²) < 4.78 is 5.59. The molecular formula is C17H27N3O2. The smallest absolute Gasteiger partial charge is 0.253 e. The molecule has 2 N–H and O–H groups in total. The van der Waals surface area contributed by atoms with E-state index in [1.54, 1.807) is 0 Å². The molecule has 0 unspecified atom stereocenters. The highest BCUT2D eigenvalue weighted by molar-refractivity contribution is 5.99. The highest BCUT2D eigenvalue weighted by Crippen LogP contribution is 2.16. The Morgan fingerprint density at radius 2 is 2.18 bits per heavy atom. The standard InChI is InChI=1S/C17H27N3O2/c1-13(2)19-16-7-5-4-6-15(16)17(21)18-10-14-11-20(3)8-9-22-12-14/h4-7,13-14,19H,8-12H2,1-3H3,(H,18,21)/t14-/m0/s1. The third-order valence-corrected chi connectivity index (χ3v) is 3.71. The number of likely N-dealkylation sites (N-methyl/N-ethyl adjacent to an activating group) is 1. The lowest BCUT2D eigenvalue weighted by atomic mass is 10.1. The number of para-hydroxylation sites is 1. The molecule has 1 heterocycles. The maximum Gasteiger partial charge on any atom is 0.253 e. The summed E-state index contributed by atoms with van der Waals surface area (Å²) in [4.78, 5) is 14.7. The van der Waals surface area contributed by atoms with Crippen LogP contribution in [0.2, 0.25) is 0 Å². The fourth-order valence-electron chi connectivity index (χ4n) is 2.63. The van der Waals surface area contributed by atoms with Gasteiger partial charge in [-0.3, -0.25) is 4.79 Å². The van der Waals surface area contributed by atoms with Gasteiger partial charge in [-0.25, -0.2) is 0 Å². The number of rotatable bonds is 5. The van der Waals surface area contributed by atoms with E-state index in [2.05, 4.69) is 36.4 Å². The zero-order chi connectivity index (χ0) is 15.9. The minimum Gasteiger partial charge on any atom is -0.382 e. The number of anilines is 1. The molecule has 5 heteroatoms. The molecule has 22 heavy (non-hydrogen) atoms. The van der Waals surface area contributed by atoms with Gasteiger partial charge in [-0.1, -0.05) is 12.1 Å². The molecule has 1 aliphatic heterocycles. The first kappa shape index (κ1) is 16.8. The quantitative estimate of drug-likeness (QED) is 0.871. The van der Waals surface area contributed by atoms with Crippen LogP contribution in [-0.4, -0.2) is 56.7 Å². The molecule has 5 nitrogen and oxygen atoms in total. The zero-order valence-corrected chi connectivity index (χ0v) is 13.8. The Hall–Kier alpha value is -1.59. The molecule has 1 saturated heterocycles. The van der Waals surface area contributed by atoms with E-state index in [1.807, 2.05) is 24.3 Å². The molecule has 0 bridgehead atoms. The summed E-state index contributed by atoms with van der Waals surface area (Å²) in [6, 6.07) is 7.92. The summed E-state index contributed by atoms with van der Waals surface area (Å²) in [5.41, 5.74) is 1.57. The van der Waals surface area contributed by atoms with Gasteiger partial charge in [-0.15, -0.1) is 0 Å². The number of nitrogens with zero attached hydrogens (tertiary/aromatic N) is 1. The molecule has 0 aromatic heterocycles. The van der Waals surface area contributed by atoms with Crippen molar-refractivity contribution in [1.82, 2.24) is 10.2 Å². The largest absolute Gasteiger partial charge is 0.382 e. The molecule has 1 amide bonds. The van der Waals surface area contributed by atoms with Gasteiger partial charge < -0.3 is 20.3 Å². The van der Waals surface area contributed by atoms with Gasteiger partial charge in [0.2, 0.25) is 0 Å². The number of carbonyl (C=O) groups is 1. The van der Waals surface area contributed by atoms with Crippen molar-refractivity contribution in [2.45, 2.75) is 19.9 Å². The minimum atomic E-state index is -0.0318. The lowest BCUT2D eigenvalue weighted by Crippen LogP contribution is -2.36. The molecule has 1 atom stereocenters. The van der Waals surface area contributed by atoms with Crippen molar-refractivity contribution in [3.8, 4) is 0 Å². The van der Waals surface area contributed by atoms with E-state index in [4.69, 9.17) is 4.74 Å². The fraction of sp³-hybridized carbons (Fsp3) is 0.588. The molecule has 0 aliphatic carbocycles. The first-order valence-corrected chi connectivity index (χ1v) is 7.96. The van der Waals surface area contributed by atoms with Crippen LogP contribution in [0.1, 0.15) is 24.2 Å². The van der Waals surface area contributed by atoms with Gasteiger partial charge in [0.25, 0.3) is 5.91 Å². The lowest BCUT2D eigenvalue weighted by Gasteiger charge is -2.20. The van der Waals surface area contributed by atoms with E-state index in [-0.39, 0.29) is 11.9 Å². The molecule has 0 radical (unpaired) electrons. The topological polar surface area (TPSA) is 53.6 Å². The first-order valence-electron chi connectivity index (χ1n) is 7.96. The fourth-order valence-corrected chi connectivity index (χ4v) is 2.63. The van der Waals surface area contributed by atoms with Crippen LogP contribution in [0, 0.1) is 5.92 Å². The molecule has 0 saturated carbocycles. The van der Waals surface area contributed by atoms with Crippen LogP contribution < -0.4 is 10.6 Å². The molecule has 0 spiro atoms. The Labute approximate surface area is 133 Å². The van der Waals surface area contributed by atoms with Crippen molar-refractivity contribution in [1.29, 1.82) is 0 Å². The third-order valence-electron chi connectivity index (χ3n) is 3.71. The molecule has 1 aromatic rings. The van der Waals surface area contributed by atoms with E-state index in [0.29, 0.717) is 24.6 Å². The van der Waals surface area contributed by atoms with E-state index < -0.39 is 0 Å². The SMILES string of the molecule is CC(C)Nc1ccccc1C(=O)NC[C@@H]1COCCN(C)C1. The van der Waals surface area contributed by atoms with Crippen LogP contribution in [0.3, 0.4) is 0 Å². The van der Waals surface area contributed by atoms with Crippen LogP contribution in [0.5, 0.6) is 0 Å². The number of amides is 1. The second-order valence-corrected chi connectivity index (χ2v) is 6.26. The Bertz CT molecular complexity index is 491. The van der Waals surface area contributed by atoms with Crippen molar-refractivity contribution in [2.75, 3.05) is 45.2 Å². The predicted molar refractivity (Wildman–Crippen MR) is 89.3 cm³/mol. The Morgan fingerprint density at radius 1 is 1.41 bits per heavy atom. The zero-order valence-electron chi connectivity index (χ0n) is 13.8. The van der Waals surface area contributed by atoms with Gasteiger partial charge in [0.1, 0.15) is 0 Å². The highest BCUT2D eigenvalue weighted by Gasteiger charge is 2.18. The van der Waals surface area contributed by atoms with Crippen molar-refractivity contribution in [3.05, 3.63) is 29.8 Å². The molecule has 1 aliphatic rings. The Morgan fingerprint density at radius 3 is 2.95 bits per heavy atom. The summed E-state index contributed by atoms with van der Waals surface area (Å²) in [5, 5.41) is 6.36. The molecule has 1 fully saturated rings. The molecule has 122 valence electrons. The number of hydrogen-bond acceptors (Lipinski definition) is 4. The number of benzene rings is 1. The van der Waals surface area contributed by atoms with Crippen molar-refractivity contribution in [2.24, 2.45) is 5.92 Å². The number of hydrogen-bond donors (Lipinski definition) is 2. The number of ether oxygens (including phenoxy) is 1. The summed E-state index contributed by atoms with van der Waals surface area (Å²) >= 11 is 0. The first-order chi connectivity index (χ1) is 10.6. The van der Waals surface area contributed by atoms with Crippen LogP contribution >= 0.6 is 0 Å². The van der Waals surface area contributed by atoms with Gasteiger partial charge in [0, 0.05) is 37.3 Å². The minimum absolute atomic E-state index is 0.0318. The lowest BCUT2D eigenvalue weighted by molar-refractivity contribution is 0.0922.